The number of aromatic amines is 2. The molecule has 0 unspecified atom stereocenters. The molecule has 346 valence electrons. The Labute approximate surface area is 404 Å². The number of aromatic nitrogens is 4. The van der Waals surface area contributed by atoms with Gasteiger partial charge in [-0.2, -0.15) is 0 Å². The number of H-pyrrole nitrogens is 2. The van der Waals surface area contributed by atoms with E-state index in [4.69, 9.17) is 9.97 Å². The molecule has 2 aliphatic heterocycles. The van der Waals surface area contributed by atoms with Gasteiger partial charge in [-0.3, -0.25) is 0 Å². The SMILES string of the molecule is C[N+](C)(C)Cc1ccc(-c2c3nc(c(-c4ccc(C[N+](C)(C)C)cc4)c4ccc([nH]4)c(-c4ccc(C[N+](C)(C)C)cc4)c4ccc([nH]4)c(-c4ccc(C[N+](C)(C)C)cc4)c4nc2C=C4)C=C3)cc1. The highest BCUT2D eigenvalue weighted by molar-refractivity contribution is 6.00. The average molecular weight is 903 g/mol. The van der Waals surface area contributed by atoms with Crippen LogP contribution in [0, 0.1) is 0 Å². The third kappa shape index (κ3) is 10.7. The first-order valence-electron chi connectivity index (χ1n) is 23.9. The van der Waals surface area contributed by atoms with E-state index >= 15 is 0 Å². The molecule has 4 aromatic carbocycles. The summed E-state index contributed by atoms with van der Waals surface area (Å²) in [5.74, 6) is 0. The molecule has 68 heavy (non-hydrogen) atoms. The zero-order chi connectivity index (χ0) is 48.2. The minimum absolute atomic E-state index is 0.852. The van der Waals surface area contributed by atoms with Gasteiger partial charge in [0.25, 0.3) is 0 Å². The molecule has 0 radical (unpaired) electrons. The lowest BCUT2D eigenvalue weighted by Crippen LogP contribution is -2.33. The molecule has 2 N–H and O–H groups in total. The highest BCUT2D eigenvalue weighted by atomic mass is 15.3. The summed E-state index contributed by atoms with van der Waals surface area (Å²) in [7, 11) is 26.8. The molecular formula is C60H70N8+4. The molecule has 8 nitrogen and oxygen atoms in total. The molecule has 0 amide bonds. The maximum Gasteiger partial charge on any atom is 0.104 e. The van der Waals surface area contributed by atoms with E-state index in [1.165, 1.54) is 22.3 Å². The maximum atomic E-state index is 5.57. The number of hydrogen-bond acceptors (Lipinski definition) is 2. The van der Waals surface area contributed by atoms with Gasteiger partial charge in [0.05, 0.1) is 107 Å². The van der Waals surface area contributed by atoms with E-state index in [2.05, 4.69) is 240 Å². The van der Waals surface area contributed by atoms with Crippen molar-refractivity contribution in [2.45, 2.75) is 26.2 Å². The van der Waals surface area contributed by atoms with Crippen LogP contribution >= 0.6 is 0 Å². The van der Waals surface area contributed by atoms with Crippen LogP contribution in [0.3, 0.4) is 0 Å². The normalized spacial score (nSPS) is 13.1. The molecule has 7 aromatic rings. The first kappa shape index (κ1) is 46.4. The van der Waals surface area contributed by atoms with Gasteiger partial charge >= 0.3 is 0 Å². The van der Waals surface area contributed by atoms with Crippen LogP contribution in [0.5, 0.6) is 0 Å². The third-order valence-electron chi connectivity index (χ3n) is 12.4. The van der Waals surface area contributed by atoms with Crippen molar-refractivity contribution in [3.8, 4) is 44.5 Å². The average Bonchev–Trinajstić information content (AvgIpc) is 4.09. The minimum Gasteiger partial charge on any atom is -0.354 e. The van der Waals surface area contributed by atoms with Crippen molar-refractivity contribution in [2.75, 3.05) is 84.6 Å². The third-order valence-corrected chi connectivity index (χ3v) is 12.4. The van der Waals surface area contributed by atoms with Crippen molar-refractivity contribution in [3.05, 3.63) is 166 Å². The van der Waals surface area contributed by atoms with Crippen LogP contribution in [-0.2, 0) is 26.2 Å². The quantitative estimate of drug-likeness (QED) is 0.120. The Hall–Kier alpha value is -6.68. The molecule has 5 heterocycles. The van der Waals surface area contributed by atoms with Crippen molar-refractivity contribution in [1.82, 2.24) is 19.9 Å². The van der Waals surface area contributed by atoms with Crippen LogP contribution in [0.2, 0.25) is 0 Å². The zero-order valence-corrected chi connectivity index (χ0v) is 42.4. The number of rotatable bonds is 12. The molecular weight excluding hydrogens is 833 g/mol. The molecule has 3 aromatic heterocycles. The topological polar surface area (TPSA) is 57.4 Å². The van der Waals surface area contributed by atoms with Gasteiger partial charge in [0, 0.05) is 66.6 Å². The predicted molar refractivity (Wildman–Crippen MR) is 288 cm³/mol. The molecule has 8 bridgehead atoms. The molecule has 0 aliphatic carbocycles. The lowest BCUT2D eigenvalue weighted by Gasteiger charge is -2.24. The van der Waals surface area contributed by atoms with E-state index in [9.17, 15) is 0 Å². The summed E-state index contributed by atoms with van der Waals surface area (Å²) in [5.41, 5.74) is 21.4. The summed E-state index contributed by atoms with van der Waals surface area (Å²) < 4.78 is 3.42. The van der Waals surface area contributed by atoms with Gasteiger partial charge in [0.1, 0.15) is 26.2 Å². The van der Waals surface area contributed by atoms with Gasteiger partial charge in [-0.25, -0.2) is 9.97 Å². The highest BCUT2D eigenvalue weighted by Crippen LogP contribution is 2.39. The zero-order valence-electron chi connectivity index (χ0n) is 42.4. The van der Waals surface area contributed by atoms with E-state index in [0.717, 1.165) is 133 Å². The first-order valence-corrected chi connectivity index (χ1v) is 23.9. The minimum atomic E-state index is 0.852. The summed E-state index contributed by atoms with van der Waals surface area (Å²) in [6.07, 6.45) is 8.72. The molecule has 0 atom stereocenters. The van der Waals surface area contributed by atoms with Crippen LogP contribution < -0.4 is 0 Å². The number of quaternary nitrogens is 4. The van der Waals surface area contributed by atoms with E-state index in [-0.39, 0.29) is 0 Å². The van der Waals surface area contributed by atoms with Gasteiger partial charge in [-0.15, -0.1) is 0 Å². The van der Waals surface area contributed by atoms with Crippen LogP contribution in [0.25, 0.3) is 90.9 Å². The lowest BCUT2D eigenvalue weighted by molar-refractivity contribution is -0.884. The van der Waals surface area contributed by atoms with Gasteiger partial charge in [-0.05, 0) is 70.8 Å². The fourth-order valence-corrected chi connectivity index (χ4v) is 9.72. The second-order valence-electron chi connectivity index (χ2n) is 23.1. The lowest BCUT2D eigenvalue weighted by atomic mass is 10.0. The Morgan fingerprint density at radius 3 is 0.765 bits per heavy atom. The highest BCUT2D eigenvalue weighted by Gasteiger charge is 2.21. The van der Waals surface area contributed by atoms with Gasteiger partial charge in [0.2, 0.25) is 0 Å². The number of nitrogens with zero attached hydrogens (tertiary/aromatic N) is 6. The van der Waals surface area contributed by atoms with E-state index in [1.54, 1.807) is 0 Å². The van der Waals surface area contributed by atoms with E-state index in [1.807, 2.05) is 0 Å². The Balaban J connectivity index is 1.36. The first-order chi connectivity index (χ1) is 32.1. The maximum absolute atomic E-state index is 5.57. The second-order valence-corrected chi connectivity index (χ2v) is 23.1. The number of benzene rings is 4. The fraction of sp³-hybridized carbons (Fsp3) is 0.267. The second kappa shape index (κ2) is 17.8. The Morgan fingerprint density at radius 1 is 0.279 bits per heavy atom. The van der Waals surface area contributed by atoms with E-state index < -0.39 is 0 Å². The molecule has 8 heteroatoms. The molecule has 0 saturated carbocycles. The van der Waals surface area contributed by atoms with Crippen molar-refractivity contribution in [2.24, 2.45) is 0 Å². The summed E-state index contributed by atoms with van der Waals surface area (Å²) in [6, 6.07) is 45.1. The Morgan fingerprint density at radius 2 is 0.500 bits per heavy atom. The molecule has 9 rings (SSSR count). The summed E-state index contributed by atoms with van der Waals surface area (Å²) in [4.78, 5) is 19.1. The molecule has 2 aliphatic rings. The van der Waals surface area contributed by atoms with E-state index in [0.29, 0.717) is 0 Å². The van der Waals surface area contributed by atoms with Crippen LogP contribution in [0.4, 0.5) is 0 Å². The van der Waals surface area contributed by atoms with Crippen molar-refractivity contribution in [3.63, 3.8) is 0 Å². The fourth-order valence-electron chi connectivity index (χ4n) is 9.72. The van der Waals surface area contributed by atoms with Crippen LogP contribution in [0.1, 0.15) is 45.0 Å². The number of hydrogen-bond donors (Lipinski definition) is 2. The van der Waals surface area contributed by atoms with Crippen molar-refractivity contribution >= 4 is 46.4 Å². The molecule has 0 spiro atoms. The molecule has 0 saturated heterocycles. The van der Waals surface area contributed by atoms with Gasteiger partial charge < -0.3 is 27.9 Å². The Bertz CT molecular complexity index is 3050. The number of nitrogens with one attached hydrogen (secondary N) is 2. The standard InChI is InChI=1S/C60H70N8/c1-65(2,3)37-41-13-21-45(22-14-41)57-49-29-31-51(61-49)58(46-23-15-42(16-24-46)38-66(4,5)6)53-33-35-55(63-53)60(48-27-19-44(20-28-48)40-68(10,11)12)56-36-34-54(64-56)59(52-32-30-50(57)62-52)47-25-17-43(18-26-47)39-67(7,8)9/h13-36,61-62H,37-40H2,1-12H3/q+4. The van der Waals surface area contributed by atoms with Crippen LogP contribution in [-0.4, -0.2) is 122 Å². The largest absolute Gasteiger partial charge is 0.354 e. The summed E-state index contributed by atoms with van der Waals surface area (Å²) in [6.45, 7) is 3.75. The molecule has 0 fully saturated rings. The smallest absolute Gasteiger partial charge is 0.104 e. The monoisotopic (exact) mass is 903 g/mol. The predicted octanol–water partition coefficient (Wildman–Crippen LogP) is 12.1. The summed E-state index contributed by atoms with van der Waals surface area (Å²) >= 11 is 0. The van der Waals surface area contributed by atoms with Crippen LogP contribution in [0.15, 0.2) is 121 Å². The van der Waals surface area contributed by atoms with Gasteiger partial charge in [0.15, 0.2) is 0 Å². The van der Waals surface area contributed by atoms with Crippen molar-refractivity contribution < 1.29 is 17.9 Å². The Kier molecular flexibility index (Phi) is 12.1. The number of fused-ring (bicyclic) bond motifs is 8. The summed E-state index contributed by atoms with van der Waals surface area (Å²) in [5, 5.41) is 0. The van der Waals surface area contributed by atoms with Gasteiger partial charge in [-0.1, -0.05) is 97.1 Å². The van der Waals surface area contributed by atoms with Crippen molar-refractivity contribution in [1.29, 1.82) is 0 Å².